The first-order valence-corrected chi connectivity index (χ1v) is 8.54. The topological polar surface area (TPSA) is 93.0 Å². The van der Waals surface area contributed by atoms with Crippen LogP contribution >= 0.6 is 0 Å². The standard InChI is InChI=1S/C17H23N5O3/c1-12-10-13(2)22(19-12)11-14-4-3-7-21(14)15(23)5-8-20-9-6-18-16(24)17(20)25/h6,9-10,14H,3-5,7-8,11H2,1-2H3,(H,18,24). The summed E-state index contributed by atoms with van der Waals surface area (Å²) in [4.78, 5) is 39.9. The number of H-pyrrole nitrogens is 1. The van der Waals surface area contributed by atoms with Gasteiger partial charge in [-0.1, -0.05) is 0 Å². The van der Waals surface area contributed by atoms with Gasteiger partial charge in [-0.25, -0.2) is 0 Å². The largest absolute Gasteiger partial charge is 0.338 e. The Balaban J connectivity index is 1.64. The van der Waals surface area contributed by atoms with E-state index in [0.29, 0.717) is 6.54 Å². The summed E-state index contributed by atoms with van der Waals surface area (Å²) in [5.74, 6) is 0.0104. The van der Waals surface area contributed by atoms with E-state index in [0.717, 1.165) is 30.8 Å². The van der Waals surface area contributed by atoms with Crippen LogP contribution in [0.25, 0.3) is 0 Å². The first-order valence-electron chi connectivity index (χ1n) is 8.54. The summed E-state index contributed by atoms with van der Waals surface area (Å²) in [6.45, 7) is 5.61. The van der Waals surface area contributed by atoms with E-state index in [2.05, 4.69) is 10.1 Å². The predicted molar refractivity (Wildman–Crippen MR) is 92.4 cm³/mol. The number of aromatic nitrogens is 4. The molecule has 1 amide bonds. The van der Waals surface area contributed by atoms with Crippen LogP contribution in [0.2, 0.25) is 0 Å². The fourth-order valence-electron chi connectivity index (χ4n) is 3.41. The van der Waals surface area contributed by atoms with Crippen LogP contribution in [0.15, 0.2) is 28.0 Å². The van der Waals surface area contributed by atoms with Gasteiger partial charge in [0.2, 0.25) is 5.91 Å². The van der Waals surface area contributed by atoms with Crippen LogP contribution in [0.1, 0.15) is 30.7 Å². The molecule has 0 aromatic carbocycles. The molecule has 1 atom stereocenters. The Morgan fingerprint density at radius 2 is 2.16 bits per heavy atom. The number of aromatic amines is 1. The maximum absolute atomic E-state index is 12.6. The molecule has 1 saturated heterocycles. The van der Waals surface area contributed by atoms with Crippen molar-refractivity contribution >= 4 is 5.91 Å². The van der Waals surface area contributed by atoms with Crippen LogP contribution in [-0.2, 0) is 17.9 Å². The van der Waals surface area contributed by atoms with E-state index < -0.39 is 11.1 Å². The lowest BCUT2D eigenvalue weighted by atomic mass is 10.2. The summed E-state index contributed by atoms with van der Waals surface area (Å²) in [6.07, 6.45) is 5.04. The number of amides is 1. The van der Waals surface area contributed by atoms with Gasteiger partial charge in [0.25, 0.3) is 0 Å². The maximum atomic E-state index is 12.6. The van der Waals surface area contributed by atoms with Crippen LogP contribution in [0, 0.1) is 13.8 Å². The number of hydrogen-bond acceptors (Lipinski definition) is 4. The smallest absolute Gasteiger partial charge is 0.316 e. The van der Waals surface area contributed by atoms with Crippen LogP contribution in [0.3, 0.4) is 0 Å². The monoisotopic (exact) mass is 345 g/mol. The second-order valence-corrected chi connectivity index (χ2v) is 6.53. The summed E-state index contributed by atoms with van der Waals surface area (Å²) < 4.78 is 3.23. The van der Waals surface area contributed by atoms with Gasteiger partial charge in [-0.2, -0.15) is 5.10 Å². The second-order valence-electron chi connectivity index (χ2n) is 6.53. The van der Waals surface area contributed by atoms with E-state index >= 15 is 0 Å². The molecule has 3 rings (SSSR count). The number of carbonyl (C=O) groups is 1. The fraction of sp³-hybridized carbons (Fsp3) is 0.529. The molecular weight excluding hydrogens is 322 g/mol. The lowest BCUT2D eigenvalue weighted by molar-refractivity contribution is -0.132. The number of likely N-dealkylation sites (tertiary alicyclic amines) is 1. The highest BCUT2D eigenvalue weighted by Crippen LogP contribution is 2.20. The fourth-order valence-corrected chi connectivity index (χ4v) is 3.41. The minimum Gasteiger partial charge on any atom is -0.338 e. The SMILES string of the molecule is Cc1cc(C)n(CC2CCCN2C(=O)CCn2cc[nH]c(=O)c2=O)n1. The van der Waals surface area contributed by atoms with Gasteiger partial charge in [-0.05, 0) is 32.8 Å². The van der Waals surface area contributed by atoms with Crippen molar-refractivity contribution in [1.29, 1.82) is 0 Å². The average molecular weight is 345 g/mol. The highest BCUT2D eigenvalue weighted by Gasteiger charge is 2.29. The lowest BCUT2D eigenvalue weighted by Gasteiger charge is -2.25. The molecule has 1 fully saturated rings. The summed E-state index contributed by atoms with van der Waals surface area (Å²) in [5, 5.41) is 4.48. The van der Waals surface area contributed by atoms with Crippen LogP contribution in [-0.4, -0.2) is 42.7 Å². The van der Waals surface area contributed by atoms with Crippen molar-refractivity contribution in [1.82, 2.24) is 24.2 Å². The van der Waals surface area contributed by atoms with Crippen molar-refractivity contribution in [3.63, 3.8) is 0 Å². The third kappa shape index (κ3) is 3.72. The molecule has 1 unspecified atom stereocenters. The number of hydrogen-bond donors (Lipinski definition) is 1. The first-order chi connectivity index (χ1) is 12.0. The molecule has 3 heterocycles. The van der Waals surface area contributed by atoms with E-state index in [1.54, 1.807) is 0 Å². The molecule has 2 aromatic rings. The van der Waals surface area contributed by atoms with Crippen molar-refractivity contribution in [2.75, 3.05) is 6.54 Å². The molecule has 2 aromatic heterocycles. The highest BCUT2D eigenvalue weighted by atomic mass is 16.2. The Kier molecular flexibility index (Phi) is 4.87. The van der Waals surface area contributed by atoms with Gasteiger partial charge in [0.15, 0.2) is 0 Å². The van der Waals surface area contributed by atoms with Gasteiger partial charge in [-0.3, -0.25) is 19.1 Å². The van der Waals surface area contributed by atoms with Crippen LogP contribution < -0.4 is 11.1 Å². The Morgan fingerprint density at radius 1 is 1.36 bits per heavy atom. The van der Waals surface area contributed by atoms with Gasteiger partial charge >= 0.3 is 11.1 Å². The quantitative estimate of drug-likeness (QED) is 0.796. The molecule has 1 aliphatic heterocycles. The zero-order valence-electron chi connectivity index (χ0n) is 14.6. The summed E-state index contributed by atoms with van der Waals surface area (Å²) >= 11 is 0. The minimum absolute atomic E-state index is 0.0104. The molecule has 0 radical (unpaired) electrons. The zero-order chi connectivity index (χ0) is 18.0. The molecular formula is C17H23N5O3. The van der Waals surface area contributed by atoms with Crippen molar-refractivity contribution < 1.29 is 4.79 Å². The minimum atomic E-state index is -0.668. The molecule has 25 heavy (non-hydrogen) atoms. The molecule has 8 heteroatoms. The summed E-state index contributed by atoms with van der Waals surface area (Å²) in [5.41, 5.74) is 0.767. The Hall–Kier alpha value is -2.64. The van der Waals surface area contributed by atoms with E-state index in [1.165, 1.54) is 17.0 Å². The third-order valence-corrected chi connectivity index (χ3v) is 4.68. The Morgan fingerprint density at radius 3 is 2.88 bits per heavy atom. The van der Waals surface area contributed by atoms with E-state index in [4.69, 9.17) is 0 Å². The molecule has 8 nitrogen and oxygen atoms in total. The number of nitrogens with zero attached hydrogens (tertiary/aromatic N) is 4. The molecule has 0 aliphatic carbocycles. The summed E-state index contributed by atoms with van der Waals surface area (Å²) in [7, 11) is 0. The molecule has 0 bridgehead atoms. The van der Waals surface area contributed by atoms with Crippen molar-refractivity contribution in [2.24, 2.45) is 0 Å². The van der Waals surface area contributed by atoms with Crippen molar-refractivity contribution in [2.45, 2.75) is 52.2 Å². The Labute approximate surface area is 145 Å². The zero-order valence-corrected chi connectivity index (χ0v) is 14.6. The first kappa shape index (κ1) is 17.2. The predicted octanol–water partition coefficient (Wildman–Crippen LogP) is 0.431. The molecule has 0 spiro atoms. The van der Waals surface area contributed by atoms with Crippen LogP contribution in [0.5, 0.6) is 0 Å². The van der Waals surface area contributed by atoms with E-state index in [-0.39, 0.29) is 24.9 Å². The van der Waals surface area contributed by atoms with Crippen molar-refractivity contribution in [3.05, 3.63) is 50.6 Å². The van der Waals surface area contributed by atoms with Gasteiger partial charge in [-0.15, -0.1) is 0 Å². The van der Waals surface area contributed by atoms with Crippen molar-refractivity contribution in [3.8, 4) is 0 Å². The number of nitrogens with one attached hydrogen (secondary N) is 1. The van der Waals surface area contributed by atoms with Gasteiger partial charge in [0.05, 0.1) is 18.3 Å². The third-order valence-electron chi connectivity index (χ3n) is 4.68. The molecule has 1 aliphatic rings. The normalized spacial score (nSPS) is 17.2. The number of rotatable bonds is 5. The van der Waals surface area contributed by atoms with Crippen LogP contribution in [0.4, 0.5) is 0 Å². The molecule has 134 valence electrons. The number of carbonyl (C=O) groups excluding carboxylic acids is 1. The van der Waals surface area contributed by atoms with Gasteiger partial charge in [0.1, 0.15) is 0 Å². The Bertz CT molecular complexity index is 879. The second kappa shape index (κ2) is 7.08. The number of aryl methyl sites for hydroxylation is 3. The molecule has 0 saturated carbocycles. The van der Waals surface area contributed by atoms with Gasteiger partial charge in [0, 0.05) is 37.6 Å². The molecule has 1 N–H and O–H groups in total. The lowest BCUT2D eigenvalue weighted by Crippen LogP contribution is -2.40. The van der Waals surface area contributed by atoms with E-state index in [1.807, 2.05) is 29.5 Å². The van der Waals surface area contributed by atoms with Gasteiger partial charge < -0.3 is 14.5 Å². The summed E-state index contributed by atoms with van der Waals surface area (Å²) in [6, 6.07) is 2.15. The van der Waals surface area contributed by atoms with E-state index in [9.17, 15) is 14.4 Å². The maximum Gasteiger partial charge on any atom is 0.316 e. The highest BCUT2D eigenvalue weighted by molar-refractivity contribution is 5.76. The average Bonchev–Trinajstić information content (AvgIpc) is 3.15.